The number of rotatable bonds is 4. The number of benzene rings is 1. The Morgan fingerprint density at radius 1 is 1.45 bits per heavy atom. The van der Waals surface area contributed by atoms with E-state index in [1.165, 1.54) is 6.07 Å². The quantitative estimate of drug-likeness (QED) is 0.570. The van der Waals surface area contributed by atoms with Crippen molar-refractivity contribution >= 4 is 23.0 Å². The van der Waals surface area contributed by atoms with Crippen LogP contribution in [0.5, 0.6) is 0 Å². The molecule has 1 fully saturated rings. The van der Waals surface area contributed by atoms with Gasteiger partial charge in [-0.1, -0.05) is 0 Å². The number of carbonyl (C=O) groups excluding carboxylic acids is 1. The molecule has 0 unspecified atom stereocenters. The van der Waals surface area contributed by atoms with Crippen LogP contribution in [0.1, 0.15) is 24.8 Å². The Kier molecular flexibility index (Phi) is 2.86. The second-order valence-electron chi connectivity index (χ2n) is 5.44. The summed E-state index contributed by atoms with van der Waals surface area (Å²) in [5, 5.41) is 26.7. The molecular formula is C13H15N3O4. The molecule has 0 atom stereocenters. The van der Waals surface area contributed by atoms with Crippen molar-refractivity contribution in [3.05, 3.63) is 27.8 Å². The third-order valence-electron chi connectivity index (χ3n) is 3.94. The molecule has 1 aromatic carbocycles. The molecule has 0 aromatic heterocycles. The molecule has 0 bridgehead atoms. The fraction of sp³-hybridized carbons (Fsp3) is 0.462. The molecule has 3 N–H and O–H groups in total. The molecule has 1 aliphatic heterocycles. The molecule has 1 aromatic rings. The van der Waals surface area contributed by atoms with E-state index in [9.17, 15) is 20.0 Å². The van der Waals surface area contributed by atoms with Gasteiger partial charge < -0.3 is 15.7 Å². The van der Waals surface area contributed by atoms with Gasteiger partial charge in [-0.3, -0.25) is 14.9 Å². The van der Waals surface area contributed by atoms with Gasteiger partial charge in [0.25, 0.3) is 5.69 Å². The van der Waals surface area contributed by atoms with Crippen LogP contribution in [-0.4, -0.2) is 28.1 Å². The van der Waals surface area contributed by atoms with Crippen LogP contribution in [0.2, 0.25) is 0 Å². The molecule has 1 amide bonds. The summed E-state index contributed by atoms with van der Waals surface area (Å²) in [5.41, 5.74) is 0.730. The number of nitrogens with one attached hydrogen (secondary N) is 2. The van der Waals surface area contributed by atoms with Crippen molar-refractivity contribution < 1.29 is 14.8 Å². The summed E-state index contributed by atoms with van der Waals surface area (Å²) >= 11 is 0. The molecule has 1 aliphatic carbocycles. The van der Waals surface area contributed by atoms with E-state index in [0.29, 0.717) is 29.8 Å². The standard InChI is InChI=1S/C13H15N3O4/c17-12-5-8-4-11(16(19)20)10(6-9(8)15-12)14-7-13(18)2-1-3-13/h4,6,14,18H,1-3,5,7H2,(H,15,17). The third-order valence-corrected chi connectivity index (χ3v) is 3.94. The molecule has 20 heavy (non-hydrogen) atoms. The minimum Gasteiger partial charge on any atom is -0.388 e. The third kappa shape index (κ3) is 2.20. The summed E-state index contributed by atoms with van der Waals surface area (Å²) < 4.78 is 0. The predicted octanol–water partition coefficient (Wildman–Crippen LogP) is 1.42. The lowest BCUT2D eigenvalue weighted by molar-refractivity contribution is -0.384. The molecular weight excluding hydrogens is 262 g/mol. The van der Waals surface area contributed by atoms with Crippen molar-refractivity contribution in [2.24, 2.45) is 0 Å². The Morgan fingerprint density at radius 2 is 2.20 bits per heavy atom. The molecule has 106 valence electrons. The van der Waals surface area contributed by atoms with Gasteiger partial charge in [-0.15, -0.1) is 0 Å². The molecule has 1 heterocycles. The zero-order valence-corrected chi connectivity index (χ0v) is 10.8. The number of anilines is 2. The van der Waals surface area contributed by atoms with E-state index in [-0.39, 0.29) is 24.6 Å². The van der Waals surface area contributed by atoms with Crippen molar-refractivity contribution in [1.82, 2.24) is 0 Å². The Balaban J connectivity index is 1.86. The Morgan fingerprint density at radius 3 is 2.80 bits per heavy atom. The second kappa shape index (κ2) is 4.45. The highest BCUT2D eigenvalue weighted by Crippen LogP contribution is 2.36. The largest absolute Gasteiger partial charge is 0.388 e. The lowest BCUT2D eigenvalue weighted by atomic mass is 9.80. The van der Waals surface area contributed by atoms with Gasteiger partial charge in [0.05, 0.1) is 16.9 Å². The number of carbonyl (C=O) groups is 1. The van der Waals surface area contributed by atoms with Gasteiger partial charge in [-0.25, -0.2) is 0 Å². The van der Waals surface area contributed by atoms with Gasteiger partial charge in [0.1, 0.15) is 5.69 Å². The maximum atomic E-state index is 11.3. The number of nitro benzene ring substituents is 1. The smallest absolute Gasteiger partial charge is 0.292 e. The Bertz CT molecular complexity index is 596. The molecule has 7 nitrogen and oxygen atoms in total. The summed E-state index contributed by atoms with van der Waals surface area (Å²) in [4.78, 5) is 22.0. The average Bonchev–Trinajstić information content (AvgIpc) is 2.71. The maximum Gasteiger partial charge on any atom is 0.292 e. The molecule has 2 aliphatic rings. The maximum absolute atomic E-state index is 11.3. The van der Waals surface area contributed by atoms with Crippen molar-refractivity contribution in [2.75, 3.05) is 17.2 Å². The van der Waals surface area contributed by atoms with E-state index in [4.69, 9.17) is 0 Å². The number of fused-ring (bicyclic) bond motifs is 1. The van der Waals surface area contributed by atoms with Crippen LogP contribution in [-0.2, 0) is 11.2 Å². The zero-order chi connectivity index (χ0) is 14.3. The van der Waals surface area contributed by atoms with Gasteiger partial charge in [0, 0.05) is 18.3 Å². The lowest BCUT2D eigenvalue weighted by Crippen LogP contribution is -2.43. The van der Waals surface area contributed by atoms with E-state index in [0.717, 1.165) is 6.42 Å². The van der Waals surface area contributed by atoms with Crippen LogP contribution in [0, 0.1) is 10.1 Å². The normalized spacial score (nSPS) is 18.9. The number of nitrogens with zero attached hydrogens (tertiary/aromatic N) is 1. The van der Waals surface area contributed by atoms with Crippen LogP contribution in [0.25, 0.3) is 0 Å². The summed E-state index contributed by atoms with van der Waals surface area (Å²) in [7, 11) is 0. The zero-order valence-electron chi connectivity index (χ0n) is 10.8. The van der Waals surface area contributed by atoms with Crippen LogP contribution < -0.4 is 10.6 Å². The molecule has 0 saturated heterocycles. The van der Waals surface area contributed by atoms with Crippen molar-refractivity contribution in [3.63, 3.8) is 0 Å². The SMILES string of the molecule is O=C1Cc2cc([N+](=O)[O-])c(NCC3(O)CCC3)cc2N1. The Labute approximate surface area is 115 Å². The average molecular weight is 277 g/mol. The van der Waals surface area contributed by atoms with E-state index in [1.54, 1.807) is 6.07 Å². The highest BCUT2D eigenvalue weighted by atomic mass is 16.6. The molecule has 0 radical (unpaired) electrons. The molecule has 0 spiro atoms. The highest BCUT2D eigenvalue weighted by molar-refractivity contribution is 6.00. The number of nitro groups is 1. The number of aliphatic hydroxyl groups is 1. The number of amides is 1. The van der Waals surface area contributed by atoms with Gasteiger partial charge in [0.15, 0.2) is 0 Å². The van der Waals surface area contributed by atoms with E-state index in [1.807, 2.05) is 0 Å². The summed E-state index contributed by atoms with van der Waals surface area (Å²) in [5.74, 6) is -0.163. The van der Waals surface area contributed by atoms with Crippen molar-refractivity contribution in [3.8, 4) is 0 Å². The first kappa shape index (κ1) is 12.9. The first-order valence-electron chi connectivity index (χ1n) is 6.54. The topological polar surface area (TPSA) is 104 Å². The molecule has 7 heteroatoms. The van der Waals surface area contributed by atoms with Crippen molar-refractivity contribution in [1.29, 1.82) is 0 Å². The minimum absolute atomic E-state index is 0.0665. The molecule has 1 saturated carbocycles. The Hall–Kier alpha value is -2.15. The first-order valence-corrected chi connectivity index (χ1v) is 6.54. The fourth-order valence-electron chi connectivity index (χ4n) is 2.58. The van der Waals surface area contributed by atoms with Crippen LogP contribution >= 0.6 is 0 Å². The summed E-state index contributed by atoms with van der Waals surface area (Å²) in [6.45, 7) is 0.278. The van der Waals surface area contributed by atoms with Gasteiger partial charge in [-0.2, -0.15) is 0 Å². The van der Waals surface area contributed by atoms with Crippen LogP contribution in [0.3, 0.4) is 0 Å². The van der Waals surface area contributed by atoms with E-state index >= 15 is 0 Å². The van der Waals surface area contributed by atoms with Gasteiger partial charge in [0.2, 0.25) is 5.91 Å². The van der Waals surface area contributed by atoms with Crippen LogP contribution in [0.15, 0.2) is 12.1 Å². The predicted molar refractivity (Wildman–Crippen MR) is 72.7 cm³/mol. The summed E-state index contributed by atoms with van der Waals surface area (Å²) in [6, 6.07) is 2.99. The lowest BCUT2D eigenvalue weighted by Gasteiger charge is -2.36. The minimum atomic E-state index is -0.768. The van der Waals surface area contributed by atoms with E-state index in [2.05, 4.69) is 10.6 Å². The van der Waals surface area contributed by atoms with E-state index < -0.39 is 10.5 Å². The van der Waals surface area contributed by atoms with Gasteiger partial charge in [-0.05, 0) is 30.9 Å². The fourth-order valence-corrected chi connectivity index (χ4v) is 2.58. The number of hydrogen-bond acceptors (Lipinski definition) is 5. The monoisotopic (exact) mass is 277 g/mol. The van der Waals surface area contributed by atoms with Gasteiger partial charge >= 0.3 is 0 Å². The molecule has 3 rings (SSSR count). The highest BCUT2D eigenvalue weighted by Gasteiger charge is 2.35. The van der Waals surface area contributed by atoms with Crippen LogP contribution in [0.4, 0.5) is 17.1 Å². The van der Waals surface area contributed by atoms with Crippen molar-refractivity contribution in [2.45, 2.75) is 31.3 Å². The first-order chi connectivity index (χ1) is 9.47. The second-order valence-corrected chi connectivity index (χ2v) is 5.44. The summed E-state index contributed by atoms with van der Waals surface area (Å²) in [6.07, 6.45) is 2.55. The number of hydrogen-bond donors (Lipinski definition) is 3.